The number of nitrogens with zero attached hydrogens (tertiary/aromatic N) is 1. The molecule has 3 aromatic carbocycles. The predicted molar refractivity (Wildman–Crippen MR) is 140 cm³/mol. The Morgan fingerprint density at radius 3 is 2.37 bits per heavy atom. The van der Waals surface area contributed by atoms with Crippen molar-refractivity contribution in [3.63, 3.8) is 0 Å². The molecule has 1 saturated heterocycles. The molecule has 0 aromatic heterocycles. The Bertz CT molecular complexity index is 1340. The van der Waals surface area contributed by atoms with Crippen LogP contribution in [-0.4, -0.2) is 32.3 Å². The zero-order valence-corrected chi connectivity index (χ0v) is 21.5. The average molecular weight is 512 g/mol. The SMILES string of the molecule is Cc1ccc(NS(=O)(=O)c2cc(C(=O)NCc3ccccc3CN3CCCC3)ccc2Cl)cc1C. The Labute approximate surface area is 212 Å². The van der Waals surface area contributed by atoms with Gasteiger partial charge in [0.05, 0.1) is 5.02 Å². The van der Waals surface area contributed by atoms with Gasteiger partial charge in [0, 0.05) is 24.3 Å². The Kier molecular flexibility index (Phi) is 7.79. The van der Waals surface area contributed by atoms with Gasteiger partial charge in [0.2, 0.25) is 0 Å². The Balaban J connectivity index is 1.48. The molecule has 1 heterocycles. The van der Waals surface area contributed by atoms with E-state index in [2.05, 4.69) is 21.0 Å². The molecule has 1 aliphatic heterocycles. The Morgan fingerprint density at radius 2 is 1.66 bits per heavy atom. The number of amides is 1. The fourth-order valence-corrected chi connectivity index (χ4v) is 5.79. The molecule has 3 aromatic rings. The van der Waals surface area contributed by atoms with Crippen LogP contribution in [0.1, 0.15) is 45.5 Å². The van der Waals surface area contributed by atoms with Crippen molar-refractivity contribution < 1.29 is 13.2 Å². The second-order valence-electron chi connectivity index (χ2n) is 8.98. The van der Waals surface area contributed by atoms with E-state index >= 15 is 0 Å². The molecule has 2 N–H and O–H groups in total. The molecule has 1 amide bonds. The van der Waals surface area contributed by atoms with Gasteiger partial charge >= 0.3 is 0 Å². The summed E-state index contributed by atoms with van der Waals surface area (Å²) in [6.07, 6.45) is 2.44. The van der Waals surface area contributed by atoms with E-state index in [0.717, 1.165) is 36.3 Å². The number of anilines is 1. The monoisotopic (exact) mass is 511 g/mol. The highest BCUT2D eigenvalue weighted by molar-refractivity contribution is 7.92. The number of likely N-dealkylation sites (tertiary alicyclic amines) is 1. The van der Waals surface area contributed by atoms with Gasteiger partial charge in [0.1, 0.15) is 4.90 Å². The van der Waals surface area contributed by atoms with Gasteiger partial charge in [-0.05, 0) is 92.4 Å². The molecule has 1 fully saturated rings. The van der Waals surface area contributed by atoms with Crippen LogP contribution in [-0.2, 0) is 23.1 Å². The summed E-state index contributed by atoms with van der Waals surface area (Å²) in [6, 6.07) is 17.7. The van der Waals surface area contributed by atoms with E-state index in [9.17, 15) is 13.2 Å². The third-order valence-corrected chi connectivity index (χ3v) is 8.26. The van der Waals surface area contributed by atoms with Gasteiger partial charge in [0.15, 0.2) is 0 Å². The van der Waals surface area contributed by atoms with Gasteiger partial charge in [-0.25, -0.2) is 8.42 Å². The predicted octanol–water partition coefficient (Wildman–Crippen LogP) is 5.28. The number of carbonyl (C=O) groups excluding carboxylic acids is 1. The quantitative estimate of drug-likeness (QED) is 0.431. The van der Waals surface area contributed by atoms with E-state index in [-0.39, 0.29) is 21.4 Å². The number of rotatable bonds is 8. The number of benzene rings is 3. The molecule has 0 bridgehead atoms. The fourth-order valence-electron chi connectivity index (χ4n) is 4.21. The largest absolute Gasteiger partial charge is 0.348 e. The molecule has 184 valence electrons. The zero-order valence-electron chi connectivity index (χ0n) is 20.0. The van der Waals surface area contributed by atoms with Gasteiger partial charge in [0.25, 0.3) is 15.9 Å². The first kappa shape index (κ1) is 25.2. The Hall–Kier alpha value is -2.87. The summed E-state index contributed by atoms with van der Waals surface area (Å²) >= 11 is 6.23. The van der Waals surface area contributed by atoms with Gasteiger partial charge < -0.3 is 5.32 Å². The minimum atomic E-state index is -3.98. The second kappa shape index (κ2) is 10.8. The third kappa shape index (κ3) is 6.23. The highest BCUT2D eigenvalue weighted by atomic mass is 35.5. The van der Waals surface area contributed by atoms with Gasteiger partial charge in [-0.3, -0.25) is 14.4 Å². The van der Waals surface area contributed by atoms with Crippen LogP contribution in [0.3, 0.4) is 0 Å². The van der Waals surface area contributed by atoms with Crippen molar-refractivity contribution in [3.8, 4) is 0 Å². The van der Waals surface area contributed by atoms with E-state index in [1.54, 1.807) is 12.1 Å². The number of carbonyl (C=O) groups is 1. The maximum atomic E-state index is 13.1. The first-order valence-electron chi connectivity index (χ1n) is 11.7. The van der Waals surface area contributed by atoms with Crippen molar-refractivity contribution in [2.24, 2.45) is 0 Å². The molecular formula is C27H30ClN3O3S. The number of hydrogen-bond acceptors (Lipinski definition) is 4. The van der Waals surface area contributed by atoms with Crippen LogP contribution in [0.5, 0.6) is 0 Å². The lowest BCUT2D eigenvalue weighted by Gasteiger charge is -2.18. The molecule has 0 unspecified atom stereocenters. The van der Waals surface area contributed by atoms with Crippen molar-refractivity contribution in [1.82, 2.24) is 10.2 Å². The molecule has 0 radical (unpaired) electrons. The molecule has 8 heteroatoms. The number of sulfonamides is 1. The van der Waals surface area contributed by atoms with Crippen LogP contribution in [0.15, 0.2) is 65.6 Å². The lowest BCUT2D eigenvalue weighted by atomic mass is 10.1. The lowest BCUT2D eigenvalue weighted by Crippen LogP contribution is -2.25. The summed E-state index contributed by atoms with van der Waals surface area (Å²) in [5.74, 6) is -0.361. The van der Waals surface area contributed by atoms with E-state index in [1.165, 1.54) is 36.6 Å². The number of halogens is 1. The lowest BCUT2D eigenvalue weighted by molar-refractivity contribution is 0.0950. The number of hydrogen-bond donors (Lipinski definition) is 2. The molecule has 6 nitrogen and oxygen atoms in total. The number of nitrogens with one attached hydrogen (secondary N) is 2. The molecular weight excluding hydrogens is 482 g/mol. The minimum absolute atomic E-state index is 0.0499. The first-order chi connectivity index (χ1) is 16.7. The average Bonchev–Trinajstić information content (AvgIpc) is 3.34. The number of aryl methyl sites for hydroxylation is 2. The fraction of sp³-hybridized carbons (Fsp3) is 0.296. The maximum Gasteiger partial charge on any atom is 0.263 e. The zero-order chi connectivity index (χ0) is 25.0. The summed E-state index contributed by atoms with van der Waals surface area (Å²) in [6.45, 7) is 7.28. The van der Waals surface area contributed by atoms with Crippen LogP contribution in [0, 0.1) is 13.8 Å². The van der Waals surface area contributed by atoms with Gasteiger partial charge in [-0.1, -0.05) is 41.9 Å². The Morgan fingerprint density at radius 1 is 0.943 bits per heavy atom. The van der Waals surface area contributed by atoms with Crippen LogP contribution >= 0.6 is 11.6 Å². The standard InChI is InChI=1S/C27H30ClN3O3S/c1-19-9-11-24(15-20(19)2)30-35(33,34)26-16-21(10-12-25(26)28)27(32)29-17-22-7-3-4-8-23(22)18-31-13-5-6-14-31/h3-4,7-12,15-16,30H,5-6,13-14,17-18H2,1-2H3,(H,29,32). The summed E-state index contributed by atoms with van der Waals surface area (Å²) < 4.78 is 28.7. The van der Waals surface area contributed by atoms with Crippen molar-refractivity contribution in [3.05, 3.63) is 93.5 Å². The maximum absolute atomic E-state index is 13.1. The summed E-state index contributed by atoms with van der Waals surface area (Å²) in [7, 11) is -3.98. The van der Waals surface area contributed by atoms with Crippen molar-refractivity contribution in [1.29, 1.82) is 0 Å². The minimum Gasteiger partial charge on any atom is -0.348 e. The molecule has 0 atom stereocenters. The second-order valence-corrected chi connectivity index (χ2v) is 11.0. The summed E-state index contributed by atoms with van der Waals surface area (Å²) in [4.78, 5) is 15.2. The summed E-state index contributed by atoms with van der Waals surface area (Å²) in [5.41, 5.74) is 4.93. The van der Waals surface area contributed by atoms with Crippen molar-refractivity contribution in [2.45, 2.75) is 44.7 Å². The first-order valence-corrected chi connectivity index (χ1v) is 13.6. The van der Waals surface area contributed by atoms with Crippen molar-refractivity contribution in [2.75, 3.05) is 17.8 Å². The molecule has 1 aliphatic rings. The molecule has 0 spiro atoms. The molecule has 4 rings (SSSR count). The van der Waals surface area contributed by atoms with Gasteiger partial charge in [-0.15, -0.1) is 0 Å². The van der Waals surface area contributed by atoms with Crippen molar-refractivity contribution >= 4 is 33.2 Å². The highest BCUT2D eigenvalue weighted by Crippen LogP contribution is 2.26. The van der Waals surface area contributed by atoms with Crippen LogP contribution in [0.4, 0.5) is 5.69 Å². The van der Waals surface area contributed by atoms with E-state index < -0.39 is 10.0 Å². The van der Waals surface area contributed by atoms with E-state index in [1.807, 2.05) is 38.1 Å². The molecule has 0 aliphatic carbocycles. The van der Waals surface area contributed by atoms with Crippen LogP contribution < -0.4 is 10.0 Å². The summed E-state index contributed by atoms with van der Waals surface area (Å²) in [5, 5.41) is 2.98. The van der Waals surface area contributed by atoms with Gasteiger partial charge in [-0.2, -0.15) is 0 Å². The van der Waals surface area contributed by atoms with Crippen LogP contribution in [0.2, 0.25) is 5.02 Å². The highest BCUT2D eigenvalue weighted by Gasteiger charge is 2.21. The van der Waals surface area contributed by atoms with E-state index in [4.69, 9.17) is 11.6 Å². The molecule has 0 saturated carbocycles. The normalized spacial score (nSPS) is 14.1. The third-order valence-electron chi connectivity index (χ3n) is 6.39. The topological polar surface area (TPSA) is 78.5 Å². The van der Waals surface area contributed by atoms with E-state index in [0.29, 0.717) is 12.2 Å². The molecule has 35 heavy (non-hydrogen) atoms. The smallest absolute Gasteiger partial charge is 0.263 e. The van der Waals surface area contributed by atoms with Crippen LogP contribution in [0.25, 0.3) is 0 Å².